The van der Waals surface area contributed by atoms with Gasteiger partial charge in [0.15, 0.2) is 11.5 Å². The molecule has 4 aromatic rings. The smallest absolute Gasteiger partial charge is 0.243 e. The fourth-order valence-electron chi connectivity index (χ4n) is 4.00. The number of amides is 1. The van der Waals surface area contributed by atoms with Gasteiger partial charge in [-0.1, -0.05) is 72.8 Å². The summed E-state index contributed by atoms with van der Waals surface area (Å²) in [6.07, 6.45) is 0. The largest absolute Gasteiger partial charge is 0.493 e. The van der Waals surface area contributed by atoms with Crippen molar-refractivity contribution in [3.05, 3.63) is 102 Å². The van der Waals surface area contributed by atoms with Crippen molar-refractivity contribution >= 4 is 26.7 Å². The highest BCUT2D eigenvalue weighted by molar-refractivity contribution is 7.89. The van der Waals surface area contributed by atoms with Crippen LogP contribution in [0.3, 0.4) is 0 Å². The van der Waals surface area contributed by atoms with Crippen LogP contribution in [0.15, 0.2) is 95.9 Å². The van der Waals surface area contributed by atoms with Crippen LogP contribution >= 0.6 is 0 Å². The Morgan fingerprint density at radius 3 is 2.28 bits per heavy atom. The summed E-state index contributed by atoms with van der Waals surface area (Å²) in [4.78, 5) is 13.0. The number of hydrogen-bond donors (Lipinski definition) is 1. The van der Waals surface area contributed by atoms with Crippen LogP contribution in [-0.4, -0.2) is 39.4 Å². The number of carbonyl (C=O) groups is 1. The third kappa shape index (κ3) is 5.67. The number of nitrogens with one attached hydrogen (secondary N) is 1. The van der Waals surface area contributed by atoms with Crippen LogP contribution < -0.4 is 14.8 Å². The van der Waals surface area contributed by atoms with Gasteiger partial charge in [0.25, 0.3) is 0 Å². The van der Waals surface area contributed by atoms with Crippen molar-refractivity contribution in [2.24, 2.45) is 0 Å². The van der Waals surface area contributed by atoms with Crippen LogP contribution in [0.2, 0.25) is 0 Å². The molecule has 0 bridgehead atoms. The van der Waals surface area contributed by atoms with E-state index in [0.717, 1.165) is 21.9 Å². The van der Waals surface area contributed by atoms with Crippen molar-refractivity contribution < 1.29 is 22.7 Å². The standard InChI is InChI=1S/C28H28N2O5S/c1-34-26-16-15-24(17-27(26)35-2)36(32,33)30(19-21-9-4-3-5-10-21)20-28(31)29-18-23-13-8-12-22-11-6-7-14-25(22)23/h3-17H,18-20H2,1-2H3,(H,29,31). The third-order valence-electron chi connectivity index (χ3n) is 5.87. The van der Waals surface area contributed by atoms with E-state index in [0.29, 0.717) is 11.5 Å². The Kier molecular flexibility index (Phi) is 7.87. The zero-order valence-electron chi connectivity index (χ0n) is 20.2. The van der Waals surface area contributed by atoms with Gasteiger partial charge in [-0.15, -0.1) is 0 Å². The van der Waals surface area contributed by atoms with Crippen molar-refractivity contribution in [3.63, 3.8) is 0 Å². The monoisotopic (exact) mass is 504 g/mol. The van der Waals surface area contributed by atoms with Crippen LogP contribution in [0.25, 0.3) is 10.8 Å². The van der Waals surface area contributed by atoms with E-state index < -0.39 is 15.9 Å². The van der Waals surface area contributed by atoms with E-state index in [1.807, 2.05) is 72.8 Å². The van der Waals surface area contributed by atoms with Gasteiger partial charge in [-0.2, -0.15) is 4.31 Å². The van der Waals surface area contributed by atoms with Gasteiger partial charge in [0.05, 0.1) is 25.7 Å². The summed E-state index contributed by atoms with van der Waals surface area (Å²) >= 11 is 0. The minimum atomic E-state index is -4.03. The van der Waals surface area contributed by atoms with E-state index in [1.165, 1.54) is 36.7 Å². The number of benzene rings is 4. The van der Waals surface area contributed by atoms with Crippen molar-refractivity contribution in [3.8, 4) is 11.5 Å². The predicted molar refractivity (Wildman–Crippen MR) is 139 cm³/mol. The van der Waals surface area contributed by atoms with Gasteiger partial charge in [-0.3, -0.25) is 4.79 Å². The topological polar surface area (TPSA) is 84.9 Å². The number of carbonyl (C=O) groups excluding carboxylic acids is 1. The molecule has 0 unspecified atom stereocenters. The van der Waals surface area contributed by atoms with Crippen molar-refractivity contribution in [1.29, 1.82) is 0 Å². The van der Waals surface area contributed by atoms with Gasteiger partial charge in [0.2, 0.25) is 15.9 Å². The highest BCUT2D eigenvalue weighted by atomic mass is 32.2. The Bertz CT molecular complexity index is 1450. The van der Waals surface area contributed by atoms with Gasteiger partial charge in [0.1, 0.15) is 0 Å². The van der Waals surface area contributed by atoms with Gasteiger partial charge in [-0.05, 0) is 34.0 Å². The molecule has 0 aliphatic rings. The Morgan fingerprint density at radius 2 is 1.53 bits per heavy atom. The number of nitrogens with zero attached hydrogens (tertiary/aromatic N) is 1. The lowest BCUT2D eigenvalue weighted by atomic mass is 10.0. The molecule has 1 N–H and O–H groups in total. The first kappa shape index (κ1) is 25.2. The van der Waals surface area contributed by atoms with Crippen LogP contribution in [0.1, 0.15) is 11.1 Å². The summed E-state index contributed by atoms with van der Waals surface area (Å²) in [7, 11) is -1.11. The molecule has 4 rings (SSSR count). The fourth-order valence-corrected chi connectivity index (χ4v) is 5.40. The highest BCUT2D eigenvalue weighted by Crippen LogP contribution is 2.31. The molecule has 0 fully saturated rings. The first-order chi connectivity index (χ1) is 17.4. The SMILES string of the molecule is COc1ccc(S(=O)(=O)N(CC(=O)NCc2cccc3ccccc23)Cc2ccccc2)cc1OC. The average molecular weight is 505 g/mol. The second-order valence-electron chi connectivity index (χ2n) is 8.19. The molecule has 0 saturated carbocycles. The van der Waals surface area contributed by atoms with Crippen LogP contribution in [0, 0.1) is 0 Å². The molecule has 0 aliphatic heterocycles. The molecule has 0 aliphatic carbocycles. The Morgan fingerprint density at radius 1 is 0.833 bits per heavy atom. The van der Waals surface area contributed by atoms with Gasteiger partial charge < -0.3 is 14.8 Å². The number of fused-ring (bicyclic) bond motifs is 1. The molecule has 0 atom stereocenters. The molecule has 1 amide bonds. The van der Waals surface area contributed by atoms with Gasteiger partial charge in [0, 0.05) is 19.2 Å². The Balaban J connectivity index is 1.58. The van der Waals surface area contributed by atoms with Gasteiger partial charge in [-0.25, -0.2) is 8.42 Å². The van der Waals surface area contributed by atoms with E-state index in [4.69, 9.17) is 9.47 Å². The van der Waals surface area contributed by atoms with Crippen LogP contribution in [0.4, 0.5) is 0 Å². The van der Waals surface area contributed by atoms with Crippen molar-refractivity contribution in [2.45, 2.75) is 18.0 Å². The molecule has 8 heteroatoms. The molecule has 7 nitrogen and oxygen atoms in total. The van der Waals surface area contributed by atoms with E-state index in [-0.39, 0.29) is 24.5 Å². The van der Waals surface area contributed by atoms with E-state index >= 15 is 0 Å². The van der Waals surface area contributed by atoms with E-state index in [1.54, 1.807) is 0 Å². The normalized spacial score (nSPS) is 11.4. The number of methoxy groups -OCH3 is 2. The average Bonchev–Trinajstić information content (AvgIpc) is 2.91. The quantitative estimate of drug-likeness (QED) is 0.347. The molecule has 0 spiro atoms. The van der Waals surface area contributed by atoms with Crippen LogP contribution in [0.5, 0.6) is 11.5 Å². The summed E-state index contributed by atoms with van der Waals surface area (Å²) < 4.78 is 39.0. The third-order valence-corrected chi connectivity index (χ3v) is 7.66. The predicted octanol–water partition coefficient (Wildman–Crippen LogP) is 4.36. The molecule has 0 saturated heterocycles. The summed E-state index contributed by atoms with van der Waals surface area (Å²) in [5.74, 6) is 0.306. The molecule has 0 radical (unpaired) electrons. The lowest BCUT2D eigenvalue weighted by molar-refractivity contribution is -0.121. The first-order valence-electron chi connectivity index (χ1n) is 11.4. The summed E-state index contributed by atoms with van der Waals surface area (Å²) in [6, 6.07) is 27.4. The van der Waals surface area contributed by atoms with Gasteiger partial charge >= 0.3 is 0 Å². The number of hydrogen-bond acceptors (Lipinski definition) is 5. The van der Waals surface area contributed by atoms with Crippen molar-refractivity contribution in [1.82, 2.24) is 9.62 Å². The number of rotatable bonds is 10. The lowest BCUT2D eigenvalue weighted by Gasteiger charge is -2.22. The van der Waals surface area contributed by atoms with Crippen molar-refractivity contribution in [2.75, 3.05) is 20.8 Å². The Hall–Kier alpha value is -3.88. The lowest BCUT2D eigenvalue weighted by Crippen LogP contribution is -2.40. The second-order valence-corrected chi connectivity index (χ2v) is 10.1. The maximum absolute atomic E-state index is 13.6. The molecule has 186 valence electrons. The molecule has 36 heavy (non-hydrogen) atoms. The minimum Gasteiger partial charge on any atom is -0.493 e. The minimum absolute atomic E-state index is 0.0120. The molecule has 0 heterocycles. The number of ether oxygens (including phenoxy) is 2. The fraction of sp³-hybridized carbons (Fsp3) is 0.179. The molecule has 0 aromatic heterocycles. The van der Waals surface area contributed by atoms with E-state index in [2.05, 4.69) is 5.32 Å². The molecular formula is C28H28N2O5S. The summed E-state index contributed by atoms with van der Waals surface area (Å²) in [6.45, 7) is -0.00862. The maximum atomic E-state index is 13.6. The Labute approximate surface area is 211 Å². The molecule has 4 aromatic carbocycles. The number of sulfonamides is 1. The molecular weight excluding hydrogens is 476 g/mol. The van der Waals surface area contributed by atoms with Crippen LogP contribution in [-0.2, 0) is 27.9 Å². The first-order valence-corrected chi connectivity index (χ1v) is 12.9. The zero-order valence-corrected chi connectivity index (χ0v) is 21.0. The summed E-state index contributed by atoms with van der Waals surface area (Å²) in [5.41, 5.74) is 1.72. The van der Waals surface area contributed by atoms with E-state index in [9.17, 15) is 13.2 Å². The highest BCUT2D eigenvalue weighted by Gasteiger charge is 2.28. The maximum Gasteiger partial charge on any atom is 0.243 e. The zero-order chi connectivity index (χ0) is 25.5. The second kappa shape index (κ2) is 11.2. The summed E-state index contributed by atoms with van der Waals surface area (Å²) in [5, 5.41) is 5.00.